The Hall–Kier alpha value is -2.78. The number of rotatable bonds is 9. The van der Waals surface area contributed by atoms with E-state index in [1.54, 1.807) is 0 Å². The number of halogens is 1. The number of aliphatic hydroxyl groups is 1. The smallest absolute Gasteiger partial charge is 0.225 e. The third-order valence-electron chi connectivity index (χ3n) is 5.25. The Morgan fingerprint density at radius 2 is 1.81 bits per heavy atom. The fraction of sp³-hybridized carbons (Fsp3) is 0.500. The van der Waals surface area contributed by atoms with Gasteiger partial charge >= 0.3 is 0 Å². The van der Waals surface area contributed by atoms with Crippen molar-refractivity contribution in [2.75, 3.05) is 17.2 Å². The van der Waals surface area contributed by atoms with E-state index in [-0.39, 0.29) is 47.7 Å². The molecule has 0 amide bonds. The summed E-state index contributed by atoms with van der Waals surface area (Å²) in [7, 11) is 0. The first-order chi connectivity index (χ1) is 15.2. The number of phenolic OH excluding ortho intramolecular Hbond substituents is 2. The molecule has 3 rings (SSSR count). The van der Waals surface area contributed by atoms with E-state index < -0.39 is 0 Å². The first-order valence-corrected chi connectivity index (χ1v) is 11.2. The van der Waals surface area contributed by atoms with E-state index >= 15 is 0 Å². The fourth-order valence-electron chi connectivity index (χ4n) is 3.39. The minimum absolute atomic E-state index is 0.0319. The maximum absolute atomic E-state index is 10.2. The van der Waals surface area contributed by atoms with Crippen LogP contribution in [-0.4, -0.2) is 47.7 Å². The Balaban J connectivity index is 2.12. The van der Waals surface area contributed by atoms with Crippen molar-refractivity contribution >= 4 is 34.4 Å². The van der Waals surface area contributed by atoms with Gasteiger partial charge in [-0.2, -0.15) is 10.1 Å². The Morgan fingerprint density at radius 1 is 1.09 bits per heavy atom. The number of benzene rings is 1. The number of hydrogen-bond acceptors (Lipinski definition) is 8. The van der Waals surface area contributed by atoms with Crippen molar-refractivity contribution in [2.24, 2.45) is 0 Å². The average molecular weight is 463 g/mol. The summed E-state index contributed by atoms with van der Waals surface area (Å²) in [4.78, 5) is 9.39. The topological polar surface area (TPSA) is 128 Å². The van der Waals surface area contributed by atoms with E-state index in [2.05, 4.69) is 29.5 Å². The first kappa shape index (κ1) is 23.9. The van der Waals surface area contributed by atoms with Gasteiger partial charge in [0.25, 0.3) is 0 Å². The molecule has 1 atom stereocenters. The molecule has 10 heteroatoms. The number of anilines is 2. The second-order valence-electron chi connectivity index (χ2n) is 8.39. The zero-order valence-corrected chi connectivity index (χ0v) is 19.8. The molecular formula is C22H31ClN6O3. The molecule has 0 saturated heterocycles. The Labute approximate surface area is 192 Å². The fourth-order valence-corrected chi connectivity index (χ4v) is 3.55. The molecule has 0 fully saturated rings. The van der Waals surface area contributed by atoms with Crippen LogP contribution in [0.15, 0.2) is 12.1 Å². The number of nitrogens with one attached hydrogen (secondary N) is 2. The van der Waals surface area contributed by atoms with Crippen LogP contribution in [0.4, 0.5) is 11.8 Å². The SMILES string of the molecule is CCC(CO)Nc1nc(NCc2cc(O)c(Cl)cc2O)c2c(n1)c(C(C)C)nn2C(C)C. The third kappa shape index (κ3) is 4.83. The number of fused-ring (bicyclic) bond motifs is 1. The van der Waals surface area contributed by atoms with Crippen molar-refractivity contribution in [1.29, 1.82) is 0 Å². The molecule has 5 N–H and O–H groups in total. The first-order valence-electron chi connectivity index (χ1n) is 10.8. The van der Waals surface area contributed by atoms with Gasteiger partial charge in [-0.3, -0.25) is 4.68 Å². The largest absolute Gasteiger partial charge is 0.508 e. The van der Waals surface area contributed by atoms with E-state index in [1.165, 1.54) is 12.1 Å². The molecule has 0 spiro atoms. The van der Waals surface area contributed by atoms with Gasteiger partial charge in [0.2, 0.25) is 5.95 Å². The van der Waals surface area contributed by atoms with Gasteiger partial charge in [-0.1, -0.05) is 32.4 Å². The molecule has 0 aliphatic heterocycles. The minimum Gasteiger partial charge on any atom is -0.508 e. The van der Waals surface area contributed by atoms with Crippen LogP contribution in [0.5, 0.6) is 11.5 Å². The number of aliphatic hydroxyl groups excluding tert-OH is 1. The van der Waals surface area contributed by atoms with Gasteiger partial charge in [0.15, 0.2) is 5.82 Å². The van der Waals surface area contributed by atoms with Gasteiger partial charge in [-0.15, -0.1) is 0 Å². The van der Waals surface area contributed by atoms with Crippen LogP contribution in [-0.2, 0) is 6.54 Å². The highest BCUT2D eigenvalue weighted by Crippen LogP contribution is 2.34. The highest BCUT2D eigenvalue weighted by Gasteiger charge is 2.22. The van der Waals surface area contributed by atoms with Crippen molar-refractivity contribution in [3.05, 3.63) is 28.4 Å². The van der Waals surface area contributed by atoms with E-state index in [0.29, 0.717) is 23.8 Å². The van der Waals surface area contributed by atoms with Gasteiger partial charge in [0, 0.05) is 24.2 Å². The molecule has 2 aromatic heterocycles. The highest BCUT2D eigenvalue weighted by molar-refractivity contribution is 6.32. The second kappa shape index (κ2) is 9.79. The standard InChI is InChI=1S/C22H31ClN6O3/c1-6-14(10-30)25-22-26-19-18(11(2)3)28-29(12(4)5)20(19)21(27-22)24-9-13-7-17(32)15(23)8-16(13)31/h7-8,11-12,14,30-32H,6,9-10H2,1-5H3,(H2,24,25,26,27). The molecule has 1 unspecified atom stereocenters. The van der Waals surface area contributed by atoms with E-state index in [1.807, 2.05) is 25.5 Å². The van der Waals surface area contributed by atoms with Gasteiger partial charge < -0.3 is 26.0 Å². The van der Waals surface area contributed by atoms with Crippen LogP contribution >= 0.6 is 11.6 Å². The van der Waals surface area contributed by atoms with Crippen LogP contribution < -0.4 is 10.6 Å². The molecule has 0 radical (unpaired) electrons. The Bertz CT molecular complexity index is 1100. The van der Waals surface area contributed by atoms with Crippen molar-refractivity contribution in [1.82, 2.24) is 19.7 Å². The van der Waals surface area contributed by atoms with Crippen molar-refractivity contribution in [2.45, 2.75) is 65.6 Å². The molecule has 2 heterocycles. The predicted molar refractivity (Wildman–Crippen MR) is 127 cm³/mol. The van der Waals surface area contributed by atoms with Crippen LogP contribution in [0.25, 0.3) is 11.0 Å². The second-order valence-corrected chi connectivity index (χ2v) is 8.80. The van der Waals surface area contributed by atoms with Crippen LogP contribution in [0.1, 0.15) is 64.3 Å². The van der Waals surface area contributed by atoms with Crippen LogP contribution in [0.3, 0.4) is 0 Å². The maximum Gasteiger partial charge on any atom is 0.225 e. The van der Waals surface area contributed by atoms with E-state index in [0.717, 1.165) is 16.7 Å². The summed E-state index contributed by atoms with van der Waals surface area (Å²) in [5, 5.41) is 41.1. The summed E-state index contributed by atoms with van der Waals surface area (Å²) >= 11 is 5.87. The quantitative estimate of drug-likeness (QED) is 0.296. The van der Waals surface area contributed by atoms with Crippen LogP contribution in [0, 0.1) is 0 Å². The predicted octanol–water partition coefficient (Wildman–Crippen LogP) is 4.39. The number of aromatic hydroxyl groups is 2. The summed E-state index contributed by atoms with van der Waals surface area (Å²) in [5.74, 6) is 0.918. The van der Waals surface area contributed by atoms with Gasteiger partial charge in [0.1, 0.15) is 22.5 Å². The third-order valence-corrected chi connectivity index (χ3v) is 5.55. The summed E-state index contributed by atoms with van der Waals surface area (Å²) in [6.07, 6.45) is 0.709. The van der Waals surface area contributed by atoms with Crippen molar-refractivity contribution in [3.63, 3.8) is 0 Å². The maximum atomic E-state index is 10.2. The van der Waals surface area contributed by atoms with Crippen molar-refractivity contribution in [3.8, 4) is 11.5 Å². The number of aromatic nitrogens is 4. The molecule has 0 aliphatic rings. The summed E-state index contributed by atoms with van der Waals surface area (Å²) < 4.78 is 1.89. The Kier molecular flexibility index (Phi) is 7.30. The lowest BCUT2D eigenvalue weighted by Gasteiger charge is -2.17. The van der Waals surface area contributed by atoms with Crippen LogP contribution in [0.2, 0.25) is 5.02 Å². The zero-order valence-electron chi connectivity index (χ0n) is 19.0. The molecule has 0 aliphatic carbocycles. The highest BCUT2D eigenvalue weighted by atomic mass is 35.5. The Morgan fingerprint density at radius 3 is 2.41 bits per heavy atom. The molecule has 3 aromatic rings. The lowest BCUT2D eigenvalue weighted by molar-refractivity contribution is 0.271. The lowest BCUT2D eigenvalue weighted by Crippen LogP contribution is -2.24. The summed E-state index contributed by atoms with van der Waals surface area (Å²) in [6, 6.07) is 2.61. The molecule has 32 heavy (non-hydrogen) atoms. The van der Waals surface area contributed by atoms with Crippen molar-refractivity contribution < 1.29 is 15.3 Å². The summed E-state index contributed by atoms with van der Waals surface area (Å²) in [6.45, 7) is 10.3. The van der Waals surface area contributed by atoms with Gasteiger partial charge in [-0.05, 0) is 32.3 Å². The van der Waals surface area contributed by atoms with Gasteiger partial charge in [0.05, 0.1) is 23.4 Å². The zero-order chi connectivity index (χ0) is 23.6. The van der Waals surface area contributed by atoms with E-state index in [4.69, 9.17) is 21.7 Å². The minimum atomic E-state index is -0.180. The molecule has 9 nitrogen and oxygen atoms in total. The molecule has 174 valence electrons. The summed E-state index contributed by atoms with van der Waals surface area (Å²) in [5.41, 5.74) is 2.80. The number of nitrogens with zero attached hydrogens (tertiary/aromatic N) is 4. The average Bonchev–Trinajstić information content (AvgIpc) is 3.13. The molecular weight excluding hydrogens is 432 g/mol. The lowest BCUT2D eigenvalue weighted by atomic mass is 10.1. The monoisotopic (exact) mass is 462 g/mol. The molecule has 1 aromatic carbocycles. The van der Waals surface area contributed by atoms with E-state index in [9.17, 15) is 15.3 Å². The van der Waals surface area contributed by atoms with Gasteiger partial charge in [-0.25, -0.2) is 4.98 Å². The number of phenols is 2. The normalized spacial score (nSPS) is 12.7. The molecule has 0 saturated carbocycles. The number of hydrogen-bond donors (Lipinski definition) is 5. The molecule has 0 bridgehead atoms.